The predicted molar refractivity (Wildman–Crippen MR) is 161 cm³/mol. The van der Waals surface area contributed by atoms with E-state index in [1.54, 1.807) is 25.1 Å². The summed E-state index contributed by atoms with van der Waals surface area (Å²) in [4.78, 5) is 28.5. The molecule has 42 heavy (non-hydrogen) atoms. The molecule has 1 aliphatic rings. The van der Waals surface area contributed by atoms with E-state index in [0.29, 0.717) is 21.4 Å². The third kappa shape index (κ3) is 7.35. The lowest BCUT2D eigenvalue weighted by atomic mass is 10.1. The molecular formula is C30H32Cl2FN3O5S. The van der Waals surface area contributed by atoms with Crippen LogP contribution >= 0.6 is 23.2 Å². The zero-order chi connectivity index (χ0) is 30.4. The van der Waals surface area contributed by atoms with Gasteiger partial charge in [0.05, 0.1) is 17.7 Å². The third-order valence-electron chi connectivity index (χ3n) is 7.30. The van der Waals surface area contributed by atoms with Gasteiger partial charge in [-0.15, -0.1) is 0 Å². The summed E-state index contributed by atoms with van der Waals surface area (Å²) in [5.41, 5.74) is 0.486. The maximum atomic E-state index is 14.0. The van der Waals surface area contributed by atoms with Crippen molar-refractivity contribution in [1.82, 2.24) is 10.2 Å². The van der Waals surface area contributed by atoms with Crippen LogP contribution in [0, 0.1) is 5.82 Å². The van der Waals surface area contributed by atoms with E-state index in [1.165, 1.54) is 48.4 Å². The van der Waals surface area contributed by atoms with Crippen molar-refractivity contribution in [2.45, 2.75) is 56.1 Å². The second kappa shape index (κ2) is 13.8. The standard InChI is InChI=1S/C30H32Cl2FN3O5S/c1-20(30(38)34-22-6-3-4-7-22)35(18-26-27(31)8-5-9-28(26)32)29(37)19-36(23-12-10-21(33)11-13-23)42(39,40)25-16-14-24(41-2)15-17-25/h5,8-17,20,22H,3-4,6-7,18-19H2,1-2H3,(H,34,38). The number of nitrogens with zero attached hydrogens (tertiary/aromatic N) is 2. The number of hydrogen-bond donors (Lipinski definition) is 1. The van der Waals surface area contributed by atoms with Crippen molar-refractivity contribution in [2.24, 2.45) is 0 Å². The Balaban J connectivity index is 1.71. The van der Waals surface area contributed by atoms with E-state index >= 15 is 0 Å². The van der Waals surface area contributed by atoms with Crippen LogP contribution in [0.3, 0.4) is 0 Å². The lowest BCUT2D eigenvalue weighted by Crippen LogP contribution is -2.52. The molecule has 0 heterocycles. The average Bonchev–Trinajstić information content (AvgIpc) is 3.49. The molecule has 2 amide bonds. The number of methoxy groups -OCH3 is 1. The Hall–Kier alpha value is -3.34. The maximum Gasteiger partial charge on any atom is 0.264 e. The largest absolute Gasteiger partial charge is 0.497 e. The lowest BCUT2D eigenvalue weighted by molar-refractivity contribution is -0.139. The SMILES string of the molecule is COc1ccc(S(=O)(=O)N(CC(=O)N(Cc2c(Cl)cccc2Cl)C(C)C(=O)NC2CCCC2)c2ccc(F)cc2)cc1. The van der Waals surface area contributed by atoms with Gasteiger partial charge in [0, 0.05) is 28.2 Å². The monoisotopic (exact) mass is 635 g/mol. The van der Waals surface area contributed by atoms with Crippen LogP contribution in [0.5, 0.6) is 5.75 Å². The molecule has 3 aromatic carbocycles. The van der Waals surface area contributed by atoms with Gasteiger partial charge in [-0.25, -0.2) is 12.8 Å². The second-order valence-electron chi connectivity index (χ2n) is 10.1. The predicted octanol–water partition coefficient (Wildman–Crippen LogP) is 5.81. The molecule has 0 aromatic heterocycles. The molecule has 1 unspecified atom stereocenters. The highest BCUT2D eigenvalue weighted by Crippen LogP contribution is 2.29. The van der Waals surface area contributed by atoms with E-state index in [9.17, 15) is 22.4 Å². The molecule has 4 rings (SSSR count). The summed E-state index contributed by atoms with van der Waals surface area (Å²) < 4.78 is 47.6. The van der Waals surface area contributed by atoms with Gasteiger partial charge in [0.2, 0.25) is 11.8 Å². The molecule has 0 aliphatic heterocycles. The molecule has 1 N–H and O–H groups in total. The van der Waals surface area contributed by atoms with Crippen LogP contribution in [-0.2, 0) is 26.2 Å². The number of carbonyl (C=O) groups excluding carboxylic acids is 2. The summed E-state index contributed by atoms with van der Waals surface area (Å²) >= 11 is 12.8. The van der Waals surface area contributed by atoms with Crippen LogP contribution in [0.2, 0.25) is 10.0 Å². The van der Waals surface area contributed by atoms with Gasteiger partial charge in [0.25, 0.3) is 10.0 Å². The molecule has 8 nitrogen and oxygen atoms in total. The van der Waals surface area contributed by atoms with Crippen molar-refractivity contribution in [1.29, 1.82) is 0 Å². The molecule has 1 atom stereocenters. The van der Waals surface area contributed by atoms with Gasteiger partial charge >= 0.3 is 0 Å². The van der Waals surface area contributed by atoms with Crippen molar-refractivity contribution in [2.75, 3.05) is 18.0 Å². The Kier molecular flexibility index (Phi) is 10.3. The average molecular weight is 637 g/mol. The number of amides is 2. The fraction of sp³-hybridized carbons (Fsp3) is 0.333. The minimum Gasteiger partial charge on any atom is -0.497 e. The van der Waals surface area contributed by atoms with Crippen molar-refractivity contribution in [3.63, 3.8) is 0 Å². The zero-order valence-corrected chi connectivity index (χ0v) is 25.6. The van der Waals surface area contributed by atoms with Crippen LogP contribution < -0.4 is 14.4 Å². The number of carbonyl (C=O) groups is 2. The number of rotatable bonds is 11. The van der Waals surface area contributed by atoms with Gasteiger partial charge < -0.3 is 15.0 Å². The Bertz CT molecular complexity index is 1490. The smallest absolute Gasteiger partial charge is 0.264 e. The summed E-state index contributed by atoms with van der Waals surface area (Å²) in [6.07, 6.45) is 3.71. The molecule has 12 heteroatoms. The molecule has 1 saturated carbocycles. The van der Waals surface area contributed by atoms with Crippen molar-refractivity contribution in [3.8, 4) is 5.75 Å². The maximum absolute atomic E-state index is 14.0. The summed E-state index contributed by atoms with van der Waals surface area (Å²) in [6.45, 7) is 0.757. The summed E-state index contributed by atoms with van der Waals surface area (Å²) in [7, 11) is -2.86. The highest BCUT2D eigenvalue weighted by molar-refractivity contribution is 7.92. The molecule has 1 aliphatic carbocycles. The van der Waals surface area contributed by atoms with E-state index in [4.69, 9.17) is 27.9 Å². The molecule has 0 radical (unpaired) electrons. The quantitative estimate of drug-likeness (QED) is 0.287. The van der Waals surface area contributed by atoms with Gasteiger partial charge in [0.1, 0.15) is 24.2 Å². The van der Waals surface area contributed by atoms with Gasteiger partial charge in [-0.3, -0.25) is 13.9 Å². The van der Waals surface area contributed by atoms with Gasteiger partial charge in [-0.1, -0.05) is 42.1 Å². The molecular weight excluding hydrogens is 604 g/mol. The van der Waals surface area contributed by atoms with Crippen LogP contribution in [0.15, 0.2) is 71.6 Å². The minimum atomic E-state index is -4.32. The first-order valence-electron chi connectivity index (χ1n) is 13.5. The van der Waals surface area contributed by atoms with Gasteiger partial charge in [0.15, 0.2) is 0 Å². The van der Waals surface area contributed by atoms with Crippen molar-refractivity contribution in [3.05, 3.63) is 88.2 Å². The number of ether oxygens (including phenoxy) is 1. The number of hydrogen-bond acceptors (Lipinski definition) is 5. The first-order valence-corrected chi connectivity index (χ1v) is 15.7. The van der Waals surface area contributed by atoms with Crippen molar-refractivity contribution >= 4 is 50.7 Å². The fourth-order valence-electron chi connectivity index (χ4n) is 4.84. The number of nitrogens with one attached hydrogen (secondary N) is 1. The minimum absolute atomic E-state index is 0.00645. The van der Waals surface area contributed by atoms with E-state index in [2.05, 4.69) is 5.32 Å². The Labute approximate surface area is 255 Å². The number of sulfonamides is 1. The first-order chi connectivity index (χ1) is 20.0. The topological polar surface area (TPSA) is 96.0 Å². The van der Waals surface area contributed by atoms with Crippen LogP contribution in [-0.4, -0.2) is 50.9 Å². The summed E-state index contributed by atoms with van der Waals surface area (Å²) in [5.74, 6) is -1.17. The van der Waals surface area contributed by atoms with Crippen LogP contribution in [0.1, 0.15) is 38.2 Å². The molecule has 0 spiro atoms. The fourth-order valence-corrected chi connectivity index (χ4v) is 6.77. The van der Waals surface area contributed by atoms with E-state index in [0.717, 1.165) is 42.1 Å². The second-order valence-corrected chi connectivity index (χ2v) is 12.7. The summed E-state index contributed by atoms with van der Waals surface area (Å²) in [5, 5.41) is 3.60. The molecule has 224 valence electrons. The lowest BCUT2D eigenvalue weighted by Gasteiger charge is -2.33. The van der Waals surface area contributed by atoms with Crippen LogP contribution in [0.4, 0.5) is 10.1 Å². The van der Waals surface area contributed by atoms with E-state index in [1.807, 2.05) is 0 Å². The first kappa shape index (κ1) is 31.6. The molecule has 0 bridgehead atoms. The summed E-state index contributed by atoms with van der Waals surface area (Å²) in [6, 6.07) is 14.4. The number of benzene rings is 3. The van der Waals surface area contributed by atoms with E-state index in [-0.39, 0.29) is 29.1 Å². The Morgan fingerprint density at radius 3 is 2.17 bits per heavy atom. The zero-order valence-electron chi connectivity index (χ0n) is 23.2. The molecule has 3 aromatic rings. The van der Waals surface area contributed by atoms with Crippen LogP contribution in [0.25, 0.3) is 0 Å². The van der Waals surface area contributed by atoms with E-state index < -0.39 is 34.3 Å². The highest BCUT2D eigenvalue weighted by atomic mass is 35.5. The van der Waals surface area contributed by atoms with Gasteiger partial charge in [-0.2, -0.15) is 0 Å². The third-order valence-corrected chi connectivity index (χ3v) is 9.80. The molecule has 0 saturated heterocycles. The van der Waals surface area contributed by atoms with Crippen molar-refractivity contribution < 1.29 is 27.1 Å². The number of halogens is 3. The van der Waals surface area contributed by atoms with Gasteiger partial charge in [-0.05, 0) is 80.4 Å². The molecule has 1 fully saturated rings. The Morgan fingerprint density at radius 2 is 1.60 bits per heavy atom. The normalized spacial score (nSPS) is 14.3. The Morgan fingerprint density at radius 1 is 1.00 bits per heavy atom. The number of anilines is 1. The highest BCUT2D eigenvalue weighted by Gasteiger charge is 2.34.